The highest BCUT2D eigenvalue weighted by atomic mass is 35.5. The Bertz CT molecular complexity index is 848. The molecule has 0 saturated heterocycles. The van der Waals surface area contributed by atoms with E-state index in [0.29, 0.717) is 26.8 Å². The van der Waals surface area contributed by atoms with E-state index in [4.69, 9.17) is 33.7 Å². The summed E-state index contributed by atoms with van der Waals surface area (Å²) in [6, 6.07) is 7.89. The third kappa shape index (κ3) is 2.28. The first-order valence-electron chi connectivity index (χ1n) is 5.98. The minimum atomic E-state index is -0.496. The molecule has 108 valence electrons. The summed E-state index contributed by atoms with van der Waals surface area (Å²) in [5.41, 5.74) is 7.65. The van der Waals surface area contributed by atoms with Gasteiger partial charge in [-0.25, -0.2) is 9.37 Å². The highest BCUT2D eigenvalue weighted by molar-refractivity contribution is 6.42. The van der Waals surface area contributed by atoms with Crippen LogP contribution in [0.2, 0.25) is 10.0 Å². The molecule has 0 spiro atoms. The average molecular weight is 326 g/mol. The maximum absolute atomic E-state index is 13.7. The molecule has 2 N–H and O–H groups in total. The number of fused-ring (bicyclic) bond motifs is 1. The number of anilines is 1. The van der Waals surface area contributed by atoms with E-state index < -0.39 is 5.82 Å². The number of halogens is 3. The summed E-state index contributed by atoms with van der Waals surface area (Å²) < 4.78 is 20.4. The van der Waals surface area contributed by atoms with Crippen molar-refractivity contribution in [3.05, 3.63) is 46.2 Å². The number of hydrogen-bond donors (Lipinski definition) is 1. The van der Waals surface area contributed by atoms with Crippen molar-refractivity contribution in [1.29, 1.82) is 0 Å². The molecule has 1 heterocycles. The molecule has 0 aliphatic carbocycles. The quantitative estimate of drug-likeness (QED) is 0.772. The van der Waals surface area contributed by atoms with E-state index in [9.17, 15) is 4.39 Å². The van der Waals surface area contributed by atoms with E-state index in [0.717, 1.165) is 0 Å². The minimum Gasteiger partial charge on any atom is -0.494 e. The van der Waals surface area contributed by atoms with Gasteiger partial charge in [0.1, 0.15) is 0 Å². The highest BCUT2D eigenvalue weighted by Gasteiger charge is 2.15. The average Bonchev–Trinajstić information content (AvgIpc) is 2.76. The largest absolute Gasteiger partial charge is 0.494 e. The van der Waals surface area contributed by atoms with Crippen molar-refractivity contribution in [3.8, 4) is 11.4 Å². The second kappa shape index (κ2) is 5.09. The Morgan fingerprint density at radius 3 is 2.62 bits per heavy atom. The Hall–Kier alpha value is -1.98. The number of rotatable bonds is 2. The zero-order chi connectivity index (χ0) is 15.1. The molecule has 0 amide bonds. The van der Waals surface area contributed by atoms with Gasteiger partial charge < -0.3 is 10.5 Å². The molecule has 1 aromatic heterocycles. The molecule has 0 unspecified atom stereocenters. The zero-order valence-electron chi connectivity index (χ0n) is 10.9. The van der Waals surface area contributed by atoms with E-state index in [1.54, 1.807) is 22.8 Å². The molecule has 0 aliphatic heterocycles. The molecule has 0 saturated carbocycles. The first-order valence-corrected chi connectivity index (χ1v) is 6.73. The summed E-state index contributed by atoms with van der Waals surface area (Å²) in [7, 11) is 1.40. The summed E-state index contributed by atoms with van der Waals surface area (Å²) in [5.74, 6) is -0.163. The van der Waals surface area contributed by atoms with Gasteiger partial charge in [0, 0.05) is 12.1 Å². The summed E-state index contributed by atoms with van der Waals surface area (Å²) in [4.78, 5) is 4.15. The van der Waals surface area contributed by atoms with E-state index >= 15 is 0 Å². The maximum atomic E-state index is 13.7. The van der Waals surface area contributed by atoms with Gasteiger partial charge in [-0.05, 0) is 18.2 Å². The third-order valence-corrected chi connectivity index (χ3v) is 3.85. The van der Waals surface area contributed by atoms with Gasteiger partial charge >= 0.3 is 0 Å². The van der Waals surface area contributed by atoms with E-state index in [2.05, 4.69) is 4.98 Å². The van der Waals surface area contributed by atoms with Crippen LogP contribution in [0.5, 0.6) is 5.75 Å². The minimum absolute atomic E-state index is 0.115. The van der Waals surface area contributed by atoms with Gasteiger partial charge in [-0.3, -0.25) is 4.57 Å². The number of ether oxygens (including phenoxy) is 1. The van der Waals surface area contributed by atoms with Crippen LogP contribution in [0.4, 0.5) is 10.3 Å². The van der Waals surface area contributed by atoms with Crippen molar-refractivity contribution in [2.75, 3.05) is 12.8 Å². The summed E-state index contributed by atoms with van der Waals surface area (Å²) in [5, 5.41) is 0.830. The number of imidazole rings is 1. The normalized spacial score (nSPS) is 11.0. The number of benzene rings is 2. The fraction of sp³-hybridized carbons (Fsp3) is 0.0714. The Morgan fingerprint density at radius 2 is 1.95 bits per heavy atom. The molecule has 4 nitrogen and oxygen atoms in total. The molecule has 2 aromatic carbocycles. The van der Waals surface area contributed by atoms with Crippen molar-refractivity contribution < 1.29 is 9.13 Å². The molecule has 0 bridgehead atoms. The Morgan fingerprint density at radius 1 is 1.19 bits per heavy atom. The van der Waals surface area contributed by atoms with Crippen LogP contribution in [-0.2, 0) is 0 Å². The van der Waals surface area contributed by atoms with Crippen LogP contribution in [0, 0.1) is 5.82 Å². The van der Waals surface area contributed by atoms with Gasteiger partial charge in [0.25, 0.3) is 0 Å². The van der Waals surface area contributed by atoms with Gasteiger partial charge in [0.05, 0.1) is 33.9 Å². The van der Waals surface area contributed by atoms with Crippen molar-refractivity contribution >= 4 is 40.2 Å². The summed E-state index contributed by atoms with van der Waals surface area (Å²) >= 11 is 11.9. The smallest absolute Gasteiger partial charge is 0.205 e. The van der Waals surface area contributed by atoms with Crippen molar-refractivity contribution in [1.82, 2.24) is 9.55 Å². The number of hydrogen-bond acceptors (Lipinski definition) is 3. The van der Waals surface area contributed by atoms with Crippen LogP contribution in [0.3, 0.4) is 0 Å². The molecule has 3 aromatic rings. The second-order valence-electron chi connectivity index (χ2n) is 4.38. The first-order chi connectivity index (χ1) is 10.0. The van der Waals surface area contributed by atoms with Gasteiger partial charge in [0.15, 0.2) is 11.6 Å². The van der Waals surface area contributed by atoms with Crippen LogP contribution >= 0.6 is 23.2 Å². The Labute approximate surface area is 129 Å². The predicted octanol–water partition coefficient (Wildman–Crippen LogP) is 4.06. The Balaban J connectivity index is 2.30. The number of nitrogens with zero attached hydrogens (tertiary/aromatic N) is 2. The number of nitrogen functional groups attached to an aromatic ring is 1. The lowest BCUT2D eigenvalue weighted by molar-refractivity contribution is 0.387. The van der Waals surface area contributed by atoms with Crippen LogP contribution in [0.15, 0.2) is 30.3 Å². The van der Waals surface area contributed by atoms with Gasteiger partial charge in [-0.1, -0.05) is 23.2 Å². The van der Waals surface area contributed by atoms with Crippen LogP contribution < -0.4 is 10.5 Å². The monoisotopic (exact) mass is 325 g/mol. The van der Waals surface area contributed by atoms with Crippen molar-refractivity contribution in [2.45, 2.75) is 0 Å². The number of nitrogens with two attached hydrogens (primary N) is 1. The molecule has 21 heavy (non-hydrogen) atoms. The van der Waals surface area contributed by atoms with Crippen LogP contribution in [0.25, 0.3) is 16.7 Å². The van der Waals surface area contributed by atoms with E-state index in [-0.39, 0.29) is 11.7 Å². The lowest BCUT2D eigenvalue weighted by atomic mass is 10.2. The van der Waals surface area contributed by atoms with E-state index in [1.165, 1.54) is 19.2 Å². The van der Waals surface area contributed by atoms with Crippen molar-refractivity contribution in [2.24, 2.45) is 0 Å². The molecule has 0 atom stereocenters. The zero-order valence-corrected chi connectivity index (χ0v) is 12.4. The van der Waals surface area contributed by atoms with Crippen molar-refractivity contribution in [3.63, 3.8) is 0 Å². The fourth-order valence-electron chi connectivity index (χ4n) is 2.15. The lowest BCUT2D eigenvalue weighted by Crippen LogP contribution is -2.00. The third-order valence-electron chi connectivity index (χ3n) is 3.12. The molecule has 0 fully saturated rings. The van der Waals surface area contributed by atoms with E-state index in [1.807, 2.05) is 0 Å². The first kappa shape index (κ1) is 14.0. The standard InChI is InChI=1S/C14H10Cl2FN3O/c1-21-13-6-12-11(5-10(13)17)19-14(18)20(12)7-2-3-8(15)9(16)4-7/h2-6H,1H3,(H2,18,19). The Kier molecular flexibility index (Phi) is 3.39. The van der Waals surface area contributed by atoms with Gasteiger partial charge in [-0.15, -0.1) is 0 Å². The summed E-state index contributed by atoms with van der Waals surface area (Å²) in [6.45, 7) is 0. The van der Waals surface area contributed by atoms with Crippen LogP contribution in [0.1, 0.15) is 0 Å². The topological polar surface area (TPSA) is 53.1 Å². The number of methoxy groups -OCH3 is 1. The SMILES string of the molecule is COc1cc2c(cc1F)nc(N)n2-c1ccc(Cl)c(Cl)c1. The number of aromatic nitrogens is 2. The second-order valence-corrected chi connectivity index (χ2v) is 5.19. The molecule has 0 radical (unpaired) electrons. The molecule has 7 heteroatoms. The van der Waals surface area contributed by atoms with Gasteiger partial charge in [-0.2, -0.15) is 0 Å². The molecule has 3 rings (SSSR count). The lowest BCUT2D eigenvalue weighted by Gasteiger charge is -2.09. The van der Waals surface area contributed by atoms with Crippen LogP contribution in [-0.4, -0.2) is 16.7 Å². The molecular weight excluding hydrogens is 316 g/mol. The van der Waals surface area contributed by atoms with Gasteiger partial charge in [0.2, 0.25) is 5.95 Å². The maximum Gasteiger partial charge on any atom is 0.205 e. The summed E-state index contributed by atoms with van der Waals surface area (Å²) in [6.07, 6.45) is 0. The predicted molar refractivity (Wildman–Crippen MR) is 82.0 cm³/mol. The fourth-order valence-corrected chi connectivity index (χ4v) is 2.44. The molecular formula is C14H10Cl2FN3O. The molecule has 0 aliphatic rings. The highest BCUT2D eigenvalue weighted by Crippen LogP contribution is 2.31.